The van der Waals surface area contributed by atoms with Crippen LogP contribution in [0, 0.1) is 5.92 Å². The number of benzene rings is 8. The van der Waals surface area contributed by atoms with Crippen molar-refractivity contribution in [2.24, 2.45) is 5.92 Å². The van der Waals surface area contributed by atoms with Crippen molar-refractivity contribution in [3.8, 4) is 33.4 Å². The quantitative estimate of drug-likeness (QED) is 0.142. The van der Waals surface area contributed by atoms with Crippen molar-refractivity contribution in [1.82, 2.24) is 0 Å². The third-order valence-electron chi connectivity index (χ3n) is 12.0. The van der Waals surface area contributed by atoms with Crippen LogP contribution in [0.2, 0.25) is 0 Å². The maximum atomic E-state index is 4.47. The van der Waals surface area contributed by atoms with E-state index in [1.54, 1.807) is 0 Å². The summed E-state index contributed by atoms with van der Waals surface area (Å²) in [5.41, 5.74) is 13.7. The maximum Gasteiger partial charge on any atom is 0.0467 e. The molecule has 0 bridgehead atoms. The number of fused-ring (bicyclic) bond motifs is 2. The Hall–Kier alpha value is -6.18. The van der Waals surface area contributed by atoms with Gasteiger partial charge in [-0.1, -0.05) is 172 Å². The lowest BCUT2D eigenvalue weighted by molar-refractivity contribution is 0.271. The average Bonchev–Trinajstić information content (AvgIpc) is 3.23. The molecule has 8 aromatic carbocycles. The van der Waals surface area contributed by atoms with Crippen LogP contribution in [0.25, 0.3) is 54.9 Å². The molecule has 2 atom stereocenters. The smallest absolute Gasteiger partial charge is 0.0467 e. The van der Waals surface area contributed by atoms with Gasteiger partial charge in [-0.2, -0.15) is 0 Å². The molecule has 0 aliphatic heterocycles. The van der Waals surface area contributed by atoms with Crippen LogP contribution in [0.15, 0.2) is 194 Å². The molecule has 1 nitrogen and oxygen atoms in total. The molecule has 1 aliphatic carbocycles. The molecule has 9 rings (SSSR count). The first kappa shape index (κ1) is 34.6. The lowest BCUT2D eigenvalue weighted by Gasteiger charge is -2.41. The van der Waals surface area contributed by atoms with E-state index in [0.29, 0.717) is 5.92 Å². The predicted octanol–water partition coefficient (Wildman–Crippen LogP) is 15.5. The maximum absolute atomic E-state index is 4.47. The molecule has 268 valence electrons. The average molecular weight is 710 g/mol. The van der Waals surface area contributed by atoms with E-state index in [1.165, 1.54) is 72.5 Å². The van der Waals surface area contributed by atoms with Gasteiger partial charge in [0.1, 0.15) is 0 Å². The number of rotatable bonds is 8. The zero-order valence-corrected chi connectivity index (χ0v) is 31.9. The summed E-state index contributed by atoms with van der Waals surface area (Å²) >= 11 is 0. The van der Waals surface area contributed by atoms with Crippen molar-refractivity contribution >= 4 is 38.6 Å². The fraction of sp³-hybridized carbons (Fsp3) is 0.148. The number of hydrogen-bond donors (Lipinski definition) is 0. The van der Waals surface area contributed by atoms with Gasteiger partial charge in [-0.05, 0) is 134 Å². The van der Waals surface area contributed by atoms with E-state index in [2.05, 4.69) is 207 Å². The zero-order chi connectivity index (χ0) is 37.4. The first-order valence-electron chi connectivity index (χ1n) is 19.8. The highest BCUT2D eigenvalue weighted by atomic mass is 15.1. The van der Waals surface area contributed by atoms with Crippen LogP contribution in [-0.4, -0.2) is 0 Å². The summed E-state index contributed by atoms with van der Waals surface area (Å²) < 4.78 is 0. The van der Waals surface area contributed by atoms with Crippen LogP contribution in [-0.2, 0) is 5.41 Å². The van der Waals surface area contributed by atoms with E-state index in [1.807, 2.05) is 0 Å². The molecule has 0 amide bonds. The minimum atomic E-state index is 0.142. The highest BCUT2D eigenvalue weighted by molar-refractivity contribution is 6.06. The molecule has 0 radical (unpaired) electrons. The predicted molar refractivity (Wildman–Crippen MR) is 237 cm³/mol. The lowest BCUT2D eigenvalue weighted by atomic mass is 9.63. The second-order valence-electron chi connectivity index (χ2n) is 15.7. The van der Waals surface area contributed by atoms with E-state index in [-0.39, 0.29) is 5.41 Å². The lowest BCUT2D eigenvalue weighted by Crippen LogP contribution is -2.32. The first-order valence-corrected chi connectivity index (χ1v) is 19.8. The molecule has 1 fully saturated rings. The van der Waals surface area contributed by atoms with Crippen LogP contribution in [0.3, 0.4) is 0 Å². The minimum Gasteiger partial charge on any atom is -0.310 e. The molecule has 1 aliphatic rings. The van der Waals surface area contributed by atoms with Crippen LogP contribution in [0.4, 0.5) is 17.1 Å². The van der Waals surface area contributed by atoms with Crippen molar-refractivity contribution in [2.45, 2.75) is 44.9 Å². The summed E-state index contributed by atoms with van der Waals surface area (Å²) in [6.45, 7) is 9.21. The van der Waals surface area contributed by atoms with Crippen molar-refractivity contribution in [2.75, 3.05) is 4.90 Å². The van der Waals surface area contributed by atoms with Crippen molar-refractivity contribution < 1.29 is 0 Å². The molecule has 0 N–H and O–H groups in total. The molecule has 55 heavy (non-hydrogen) atoms. The van der Waals surface area contributed by atoms with E-state index in [0.717, 1.165) is 36.3 Å². The largest absolute Gasteiger partial charge is 0.310 e. The van der Waals surface area contributed by atoms with Gasteiger partial charge in [0.15, 0.2) is 0 Å². The fourth-order valence-corrected chi connectivity index (χ4v) is 9.48. The number of nitrogens with zero attached hydrogens (tertiary/aromatic N) is 1. The number of anilines is 3. The summed E-state index contributed by atoms with van der Waals surface area (Å²) in [6, 6.07) is 67.0. The van der Waals surface area contributed by atoms with Crippen LogP contribution in [0.5, 0.6) is 0 Å². The normalized spacial score (nSPS) is 17.1. The Morgan fingerprint density at radius 1 is 0.545 bits per heavy atom. The molecule has 2 unspecified atom stereocenters. The summed E-state index contributed by atoms with van der Waals surface area (Å²) in [5.74, 6) is 0.650. The van der Waals surface area contributed by atoms with Crippen LogP contribution < -0.4 is 4.90 Å². The van der Waals surface area contributed by atoms with Gasteiger partial charge in [-0.3, -0.25) is 0 Å². The van der Waals surface area contributed by atoms with Gasteiger partial charge in [0.2, 0.25) is 0 Å². The standard InChI is InChI=1S/C54H47N/c1-4-54(36-38(2)34-39(3)37-54)45-28-32-47(33-29-45)55(46-30-26-42(27-31-46)50-23-11-17-40-16-8-9-22-49(40)50)48-21-10-20-44(35-48)52-25-13-19-43-18-12-24-51(53(43)52)41-14-6-5-7-15-41/h5-33,35,39H,2,4,34,36-37H2,1,3H3. The van der Waals surface area contributed by atoms with Gasteiger partial charge in [-0.25, -0.2) is 0 Å². The Kier molecular flexibility index (Phi) is 9.16. The Bertz CT molecular complexity index is 2620. The van der Waals surface area contributed by atoms with Gasteiger partial charge >= 0.3 is 0 Å². The second kappa shape index (κ2) is 14.6. The van der Waals surface area contributed by atoms with Gasteiger partial charge in [0.05, 0.1) is 0 Å². The minimum absolute atomic E-state index is 0.142. The van der Waals surface area contributed by atoms with E-state index < -0.39 is 0 Å². The SMILES string of the molecule is C=C1CC(C)CC(CC)(c2ccc(N(c3ccc(-c4cccc5ccccc45)cc3)c3cccc(-c4cccc5cccc(-c6ccccc6)c45)c3)cc2)C1. The number of allylic oxidation sites excluding steroid dienone is 1. The fourth-order valence-electron chi connectivity index (χ4n) is 9.48. The molecule has 0 spiro atoms. The molecular weight excluding hydrogens is 663 g/mol. The first-order chi connectivity index (χ1) is 27.0. The summed E-state index contributed by atoms with van der Waals surface area (Å²) in [4.78, 5) is 2.42. The zero-order valence-electron chi connectivity index (χ0n) is 31.9. The molecule has 0 heterocycles. The number of hydrogen-bond acceptors (Lipinski definition) is 1. The summed E-state index contributed by atoms with van der Waals surface area (Å²) in [5, 5.41) is 5.04. The summed E-state index contributed by atoms with van der Waals surface area (Å²) in [6.07, 6.45) is 4.54. The molecule has 0 aromatic heterocycles. The Morgan fingerprint density at radius 3 is 1.82 bits per heavy atom. The third-order valence-corrected chi connectivity index (χ3v) is 12.0. The second-order valence-corrected chi connectivity index (χ2v) is 15.7. The van der Waals surface area contributed by atoms with E-state index >= 15 is 0 Å². The van der Waals surface area contributed by atoms with Crippen molar-refractivity contribution in [3.63, 3.8) is 0 Å². The topological polar surface area (TPSA) is 3.24 Å². The Morgan fingerprint density at radius 2 is 1.11 bits per heavy atom. The van der Waals surface area contributed by atoms with Gasteiger partial charge in [-0.15, -0.1) is 0 Å². The summed E-state index contributed by atoms with van der Waals surface area (Å²) in [7, 11) is 0. The monoisotopic (exact) mass is 709 g/mol. The van der Waals surface area contributed by atoms with Crippen LogP contribution >= 0.6 is 0 Å². The van der Waals surface area contributed by atoms with Gasteiger partial charge in [0, 0.05) is 17.1 Å². The van der Waals surface area contributed by atoms with Gasteiger partial charge in [0.25, 0.3) is 0 Å². The molecule has 8 aromatic rings. The highest BCUT2D eigenvalue weighted by Crippen LogP contribution is 2.47. The molecule has 1 saturated carbocycles. The highest BCUT2D eigenvalue weighted by Gasteiger charge is 2.36. The van der Waals surface area contributed by atoms with Crippen LogP contribution in [0.1, 0.15) is 45.1 Å². The molecule has 1 heteroatoms. The van der Waals surface area contributed by atoms with E-state index in [9.17, 15) is 0 Å². The third kappa shape index (κ3) is 6.55. The molecular formula is C54H47N. The van der Waals surface area contributed by atoms with E-state index in [4.69, 9.17) is 0 Å². The van der Waals surface area contributed by atoms with Gasteiger partial charge < -0.3 is 4.90 Å². The Balaban J connectivity index is 1.17. The Labute approximate surface area is 326 Å². The van der Waals surface area contributed by atoms with Crippen molar-refractivity contribution in [1.29, 1.82) is 0 Å². The van der Waals surface area contributed by atoms with Crippen molar-refractivity contribution in [3.05, 3.63) is 200 Å². The molecule has 0 saturated heterocycles.